The molecule has 1 N–H and O–H groups in total. The lowest BCUT2D eigenvalue weighted by Crippen LogP contribution is -2.50. The van der Waals surface area contributed by atoms with E-state index in [-0.39, 0.29) is 6.10 Å². The molecule has 3 saturated carbocycles. The molecular weight excluding hydrogens is 364 g/mol. The zero-order chi connectivity index (χ0) is 21.7. The number of aliphatic hydroxyl groups is 1. The van der Waals surface area contributed by atoms with E-state index in [9.17, 15) is 5.11 Å². The summed E-state index contributed by atoms with van der Waals surface area (Å²) in [5.74, 6) is 5.70. The van der Waals surface area contributed by atoms with Crippen molar-refractivity contribution in [3.05, 3.63) is 23.8 Å². The number of allylic oxidation sites excluding steroid dienone is 3. The monoisotopic (exact) mass is 412 g/mol. The van der Waals surface area contributed by atoms with Crippen molar-refractivity contribution in [2.45, 2.75) is 105 Å². The number of aliphatic hydroxyl groups excluding tert-OH is 1. The van der Waals surface area contributed by atoms with E-state index in [1.165, 1.54) is 44.9 Å². The number of fused-ring (bicyclic) bond motifs is 5. The van der Waals surface area contributed by atoms with Gasteiger partial charge in [0.1, 0.15) is 0 Å². The van der Waals surface area contributed by atoms with Crippen LogP contribution in [-0.4, -0.2) is 11.2 Å². The van der Waals surface area contributed by atoms with Gasteiger partial charge in [0.25, 0.3) is 0 Å². The van der Waals surface area contributed by atoms with E-state index in [1.807, 2.05) is 0 Å². The smallest absolute Gasteiger partial charge is 0.0577 e. The molecule has 0 amide bonds. The van der Waals surface area contributed by atoms with E-state index in [0.717, 1.165) is 48.3 Å². The largest absolute Gasteiger partial charge is 0.393 e. The van der Waals surface area contributed by atoms with E-state index in [0.29, 0.717) is 16.7 Å². The summed E-state index contributed by atoms with van der Waals surface area (Å²) < 4.78 is 0. The van der Waals surface area contributed by atoms with Crippen LogP contribution in [0.15, 0.2) is 23.8 Å². The molecule has 0 aromatic rings. The first kappa shape index (κ1) is 22.6. The minimum Gasteiger partial charge on any atom is -0.393 e. The fourth-order valence-corrected chi connectivity index (χ4v) is 8.83. The highest BCUT2D eigenvalue weighted by molar-refractivity contribution is 5.25. The van der Waals surface area contributed by atoms with E-state index in [2.05, 4.69) is 59.8 Å². The topological polar surface area (TPSA) is 20.2 Å². The third-order valence-corrected chi connectivity index (χ3v) is 10.8. The lowest BCUT2D eigenvalue weighted by atomic mass is 9.47. The summed E-state index contributed by atoms with van der Waals surface area (Å²) >= 11 is 0. The molecule has 0 unspecified atom stereocenters. The van der Waals surface area contributed by atoms with Crippen LogP contribution in [0.1, 0.15) is 99.3 Å². The molecule has 4 rings (SSSR count). The molecule has 3 fully saturated rings. The van der Waals surface area contributed by atoms with Crippen molar-refractivity contribution in [2.75, 3.05) is 0 Å². The number of hydrogen-bond donors (Lipinski definition) is 1. The van der Waals surface area contributed by atoms with Gasteiger partial charge >= 0.3 is 0 Å². The molecule has 1 nitrogen and oxygen atoms in total. The summed E-state index contributed by atoms with van der Waals surface area (Å²) in [6, 6.07) is 0. The van der Waals surface area contributed by atoms with Crippen molar-refractivity contribution in [3.63, 3.8) is 0 Å². The molecule has 0 bridgehead atoms. The second-order valence-electron chi connectivity index (χ2n) is 12.4. The minimum atomic E-state index is -0.0870. The predicted molar refractivity (Wildman–Crippen MR) is 128 cm³/mol. The molecule has 0 saturated heterocycles. The Morgan fingerprint density at radius 1 is 1.03 bits per heavy atom. The van der Waals surface area contributed by atoms with E-state index in [1.54, 1.807) is 5.57 Å². The van der Waals surface area contributed by atoms with Crippen LogP contribution in [-0.2, 0) is 0 Å². The molecule has 0 heterocycles. The first-order valence-corrected chi connectivity index (χ1v) is 13.3. The molecule has 4 aliphatic carbocycles. The van der Waals surface area contributed by atoms with Gasteiger partial charge in [0.2, 0.25) is 0 Å². The van der Waals surface area contributed by atoms with Crippen molar-refractivity contribution in [2.24, 2.45) is 52.3 Å². The lowest BCUT2D eigenvalue weighted by molar-refractivity contribution is -0.0540. The second kappa shape index (κ2) is 8.42. The van der Waals surface area contributed by atoms with E-state index < -0.39 is 0 Å². The van der Waals surface area contributed by atoms with Crippen molar-refractivity contribution < 1.29 is 5.11 Å². The Morgan fingerprint density at radius 2 is 1.80 bits per heavy atom. The van der Waals surface area contributed by atoms with Gasteiger partial charge in [-0.2, -0.15) is 0 Å². The maximum Gasteiger partial charge on any atom is 0.0577 e. The summed E-state index contributed by atoms with van der Waals surface area (Å²) in [4.78, 5) is 0. The van der Waals surface area contributed by atoms with Gasteiger partial charge in [-0.3, -0.25) is 0 Å². The van der Waals surface area contributed by atoms with Crippen LogP contribution in [0.2, 0.25) is 0 Å². The third-order valence-electron chi connectivity index (χ3n) is 10.8. The lowest BCUT2D eigenvalue weighted by Gasteiger charge is -2.58. The Balaban J connectivity index is 1.52. The van der Waals surface area contributed by atoms with Crippen LogP contribution >= 0.6 is 0 Å². The summed E-state index contributed by atoms with van der Waals surface area (Å²) in [7, 11) is 0. The molecule has 0 radical (unpaired) electrons. The van der Waals surface area contributed by atoms with Crippen molar-refractivity contribution in [1.29, 1.82) is 0 Å². The first-order chi connectivity index (χ1) is 14.2. The van der Waals surface area contributed by atoms with Crippen LogP contribution in [0.5, 0.6) is 0 Å². The fraction of sp³-hybridized carbons (Fsp3) is 0.862. The fourth-order valence-electron chi connectivity index (χ4n) is 8.83. The van der Waals surface area contributed by atoms with Gasteiger partial charge < -0.3 is 5.11 Å². The highest BCUT2D eigenvalue weighted by Gasteiger charge is 2.58. The van der Waals surface area contributed by atoms with Gasteiger partial charge in [0, 0.05) is 0 Å². The Kier molecular flexibility index (Phi) is 6.35. The Hall–Kier alpha value is -0.560. The molecule has 9 atom stereocenters. The Bertz CT molecular complexity index is 674. The van der Waals surface area contributed by atoms with Gasteiger partial charge in [0.15, 0.2) is 0 Å². The zero-order valence-corrected chi connectivity index (χ0v) is 20.7. The molecule has 0 aliphatic heterocycles. The molecule has 1 heteroatoms. The van der Waals surface area contributed by atoms with Crippen molar-refractivity contribution in [3.8, 4) is 0 Å². The minimum absolute atomic E-state index is 0.0870. The van der Waals surface area contributed by atoms with E-state index >= 15 is 0 Å². The summed E-state index contributed by atoms with van der Waals surface area (Å²) in [5, 5.41) is 10.2. The summed E-state index contributed by atoms with van der Waals surface area (Å²) in [6.07, 6.45) is 19.1. The van der Waals surface area contributed by atoms with Crippen LogP contribution in [0.3, 0.4) is 0 Å². The molecule has 0 spiro atoms. The maximum absolute atomic E-state index is 10.2. The average molecular weight is 413 g/mol. The second-order valence-corrected chi connectivity index (χ2v) is 12.4. The third kappa shape index (κ3) is 3.66. The Labute approximate surface area is 186 Å². The summed E-state index contributed by atoms with van der Waals surface area (Å²) in [6.45, 7) is 14.8. The number of hydrogen-bond acceptors (Lipinski definition) is 1. The average Bonchev–Trinajstić information content (AvgIpc) is 3.06. The normalized spacial score (nSPS) is 45.6. The highest BCUT2D eigenvalue weighted by atomic mass is 16.3. The van der Waals surface area contributed by atoms with Gasteiger partial charge in [-0.25, -0.2) is 0 Å². The number of rotatable bonds is 5. The molecule has 170 valence electrons. The van der Waals surface area contributed by atoms with Gasteiger partial charge in [-0.15, -0.1) is 0 Å². The van der Waals surface area contributed by atoms with Crippen LogP contribution < -0.4 is 0 Å². The zero-order valence-electron chi connectivity index (χ0n) is 20.7. The van der Waals surface area contributed by atoms with Crippen LogP contribution in [0.4, 0.5) is 0 Å². The standard InChI is InChI=1S/C29H48O/c1-7-21(19(2)3)9-8-20(4)25-12-13-26-24-11-10-22-18-23(30)14-16-28(22,5)27(24)15-17-29(25,26)6/h8-10,19-21,23-27,30H,7,11-18H2,1-6H3/b9-8+/t20-,21+,23-,24-,25+,26-,27+,28+,29-/m0/s1. The quantitative estimate of drug-likeness (QED) is 0.457. The summed E-state index contributed by atoms with van der Waals surface area (Å²) in [5.41, 5.74) is 2.51. The Morgan fingerprint density at radius 3 is 2.50 bits per heavy atom. The van der Waals surface area contributed by atoms with Gasteiger partial charge in [-0.05, 0) is 110 Å². The predicted octanol–water partition coefficient (Wildman–Crippen LogP) is 7.80. The van der Waals surface area contributed by atoms with E-state index in [4.69, 9.17) is 0 Å². The SMILES string of the molecule is CC[C@H](/C=C/[C@H](C)[C@H]1CC[C@H]2[C@@H]3CC=C4C[C@@H](O)CC[C@@]4(C)[C@@H]3CC[C@@]12C)C(C)C. The maximum atomic E-state index is 10.2. The van der Waals surface area contributed by atoms with Crippen molar-refractivity contribution in [1.82, 2.24) is 0 Å². The molecular formula is C29H48O. The van der Waals surface area contributed by atoms with Crippen LogP contribution in [0.25, 0.3) is 0 Å². The molecule has 0 aromatic carbocycles. The van der Waals surface area contributed by atoms with Crippen molar-refractivity contribution >= 4 is 0 Å². The van der Waals surface area contributed by atoms with Gasteiger partial charge in [0.05, 0.1) is 6.10 Å². The molecule has 0 aromatic heterocycles. The van der Waals surface area contributed by atoms with Gasteiger partial charge in [-0.1, -0.05) is 65.3 Å². The highest BCUT2D eigenvalue weighted by Crippen LogP contribution is 2.67. The van der Waals surface area contributed by atoms with Crippen LogP contribution in [0, 0.1) is 52.3 Å². The first-order valence-electron chi connectivity index (χ1n) is 13.3. The molecule has 4 aliphatic rings. The molecule has 30 heavy (non-hydrogen) atoms.